The van der Waals surface area contributed by atoms with Gasteiger partial charge in [0.1, 0.15) is 23.6 Å². The highest BCUT2D eigenvalue weighted by molar-refractivity contribution is 5.91. The average molecular weight is 324 g/mol. The normalized spacial score (nSPS) is 23.1. The van der Waals surface area contributed by atoms with Crippen LogP contribution in [0.4, 0.5) is 10.2 Å². The van der Waals surface area contributed by atoms with Crippen LogP contribution in [0.5, 0.6) is 0 Å². The SMILES string of the molecule is Fc1cncc(-c2cc3c(N4CC5CCC(C4)N5)ncnc3[nH]2)c1. The smallest absolute Gasteiger partial charge is 0.143 e. The summed E-state index contributed by atoms with van der Waals surface area (Å²) in [6.07, 6.45) is 6.89. The molecule has 6 nitrogen and oxygen atoms in total. The highest BCUT2D eigenvalue weighted by Crippen LogP contribution is 2.31. The van der Waals surface area contributed by atoms with Crippen molar-refractivity contribution in [3.05, 3.63) is 36.7 Å². The fraction of sp³-hybridized carbons (Fsp3) is 0.353. The number of nitrogens with one attached hydrogen (secondary N) is 2. The maximum atomic E-state index is 13.5. The van der Waals surface area contributed by atoms with E-state index in [1.807, 2.05) is 6.07 Å². The van der Waals surface area contributed by atoms with Crippen molar-refractivity contribution in [2.45, 2.75) is 24.9 Å². The summed E-state index contributed by atoms with van der Waals surface area (Å²) in [6.45, 7) is 1.93. The molecule has 2 aliphatic heterocycles. The monoisotopic (exact) mass is 324 g/mol. The van der Waals surface area contributed by atoms with Gasteiger partial charge < -0.3 is 15.2 Å². The lowest BCUT2D eigenvalue weighted by Gasteiger charge is -2.33. The van der Waals surface area contributed by atoms with Crippen LogP contribution in [0.2, 0.25) is 0 Å². The summed E-state index contributed by atoms with van der Waals surface area (Å²) in [6, 6.07) is 4.54. The van der Waals surface area contributed by atoms with Crippen molar-refractivity contribution in [3.63, 3.8) is 0 Å². The summed E-state index contributed by atoms with van der Waals surface area (Å²) in [5.74, 6) is 0.599. The zero-order valence-electron chi connectivity index (χ0n) is 13.0. The van der Waals surface area contributed by atoms with E-state index in [0.29, 0.717) is 17.6 Å². The molecule has 3 aromatic rings. The molecule has 5 rings (SSSR count). The minimum absolute atomic E-state index is 0.351. The summed E-state index contributed by atoms with van der Waals surface area (Å²) in [7, 11) is 0. The summed E-state index contributed by atoms with van der Waals surface area (Å²) in [5.41, 5.74) is 2.28. The summed E-state index contributed by atoms with van der Waals surface area (Å²) in [5, 5.41) is 4.60. The Morgan fingerprint density at radius 3 is 2.71 bits per heavy atom. The highest BCUT2D eigenvalue weighted by Gasteiger charge is 2.33. The van der Waals surface area contributed by atoms with Gasteiger partial charge in [-0.3, -0.25) is 4.98 Å². The van der Waals surface area contributed by atoms with Crippen LogP contribution in [0.1, 0.15) is 12.8 Å². The van der Waals surface area contributed by atoms with E-state index in [2.05, 4.69) is 30.2 Å². The molecule has 0 spiro atoms. The third-order valence-corrected chi connectivity index (χ3v) is 4.94. The number of hydrogen-bond donors (Lipinski definition) is 2. The Hall–Kier alpha value is -2.54. The van der Waals surface area contributed by atoms with Crippen molar-refractivity contribution >= 4 is 16.9 Å². The molecule has 0 saturated carbocycles. The molecule has 2 saturated heterocycles. The Bertz CT molecular complexity index is 895. The summed E-state index contributed by atoms with van der Waals surface area (Å²) in [4.78, 5) is 18.4. The van der Waals surface area contributed by atoms with Crippen molar-refractivity contribution < 1.29 is 4.39 Å². The number of piperazine rings is 1. The molecule has 0 amide bonds. The van der Waals surface area contributed by atoms with E-state index in [1.54, 1.807) is 12.5 Å². The number of anilines is 1. The maximum Gasteiger partial charge on any atom is 0.143 e. The van der Waals surface area contributed by atoms with E-state index in [1.165, 1.54) is 25.1 Å². The number of fused-ring (bicyclic) bond motifs is 3. The maximum absolute atomic E-state index is 13.5. The Kier molecular flexibility index (Phi) is 3.02. The van der Waals surface area contributed by atoms with E-state index < -0.39 is 0 Å². The van der Waals surface area contributed by atoms with E-state index in [0.717, 1.165) is 35.6 Å². The van der Waals surface area contributed by atoms with Crippen molar-refractivity contribution in [2.75, 3.05) is 18.0 Å². The number of hydrogen-bond acceptors (Lipinski definition) is 5. The Balaban J connectivity index is 1.58. The molecule has 2 unspecified atom stereocenters. The van der Waals surface area contributed by atoms with Crippen LogP contribution in [0.3, 0.4) is 0 Å². The molecule has 24 heavy (non-hydrogen) atoms. The second kappa shape index (κ2) is 5.24. The van der Waals surface area contributed by atoms with Crippen molar-refractivity contribution in [1.29, 1.82) is 0 Å². The number of pyridine rings is 1. The molecule has 7 heteroatoms. The lowest BCUT2D eigenvalue weighted by molar-refractivity contribution is 0.464. The van der Waals surface area contributed by atoms with Gasteiger partial charge in [0.05, 0.1) is 11.6 Å². The molecule has 0 aromatic carbocycles. The first-order valence-electron chi connectivity index (χ1n) is 8.22. The van der Waals surface area contributed by atoms with Crippen LogP contribution >= 0.6 is 0 Å². The first-order chi connectivity index (χ1) is 11.8. The molecule has 3 aromatic heterocycles. The number of halogens is 1. The topological polar surface area (TPSA) is 69.7 Å². The van der Waals surface area contributed by atoms with Gasteiger partial charge in [-0.05, 0) is 25.0 Å². The van der Waals surface area contributed by atoms with Gasteiger partial charge in [0.25, 0.3) is 0 Å². The van der Waals surface area contributed by atoms with Crippen molar-refractivity contribution in [3.8, 4) is 11.3 Å². The molecule has 0 radical (unpaired) electrons. The van der Waals surface area contributed by atoms with Gasteiger partial charge in [0.2, 0.25) is 0 Å². The van der Waals surface area contributed by atoms with Crippen LogP contribution in [-0.4, -0.2) is 45.1 Å². The number of nitrogens with zero attached hydrogens (tertiary/aromatic N) is 4. The molecule has 2 aliphatic rings. The Morgan fingerprint density at radius 2 is 1.92 bits per heavy atom. The second-order valence-corrected chi connectivity index (χ2v) is 6.58. The lowest BCUT2D eigenvalue weighted by Crippen LogP contribution is -2.51. The molecule has 2 atom stereocenters. The third kappa shape index (κ3) is 2.24. The first-order valence-corrected chi connectivity index (χ1v) is 8.22. The van der Waals surface area contributed by atoms with E-state index in [4.69, 9.17) is 0 Å². The molecular weight excluding hydrogens is 307 g/mol. The predicted octanol–water partition coefficient (Wildman–Crippen LogP) is 2.10. The Labute approximate surface area is 138 Å². The fourth-order valence-electron chi connectivity index (χ4n) is 3.86. The molecule has 2 bridgehead atoms. The van der Waals surface area contributed by atoms with Gasteiger partial charge in [-0.1, -0.05) is 0 Å². The van der Waals surface area contributed by atoms with Gasteiger partial charge in [0.15, 0.2) is 0 Å². The summed E-state index contributed by atoms with van der Waals surface area (Å²) >= 11 is 0. The molecular formula is C17H17FN6. The quantitative estimate of drug-likeness (QED) is 0.755. The van der Waals surface area contributed by atoms with Gasteiger partial charge in [-0.2, -0.15) is 0 Å². The van der Waals surface area contributed by atoms with Crippen molar-refractivity contribution in [1.82, 2.24) is 25.3 Å². The molecule has 0 aliphatic carbocycles. The fourth-order valence-corrected chi connectivity index (χ4v) is 3.86. The average Bonchev–Trinajstić information content (AvgIpc) is 3.17. The van der Waals surface area contributed by atoms with Crippen LogP contribution < -0.4 is 10.2 Å². The minimum atomic E-state index is -0.351. The second-order valence-electron chi connectivity index (χ2n) is 6.58. The third-order valence-electron chi connectivity index (χ3n) is 4.94. The largest absolute Gasteiger partial charge is 0.353 e. The first kappa shape index (κ1) is 13.9. The highest BCUT2D eigenvalue weighted by atomic mass is 19.1. The number of H-pyrrole nitrogens is 1. The Morgan fingerprint density at radius 1 is 1.08 bits per heavy atom. The summed E-state index contributed by atoms with van der Waals surface area (Å²) < 4.78 is 13.5. The molecule has 5 heterocycles. The molecule has 2 N–H and O–H groups in total. The van der Waals surface area contributed by atoms with Crippen LogP contribution in [0.25, 0.3) is 22.3 Å². The number of aromatic amines is 1. The predicted molar refractivity (Wildman–Crippen MR) is 89.2 cm³/mol. The van der Waals surface area contributed by atoms with Gasteiger partial charge in [-0.15, -0.1) is 0 Å². The van der Waals surface area contributed by atoms with Crippen LogP contribution in [0.15, 0.2) is 30.9 Å². The van der Waals surface area contributed by atoms with Gasteiger partial charge >= 0.3 is 0 Å². The number of aromatic nitrogens is 4. The minimum Gasteiger partial charge on any atom is -0.353 e. The van der Waals surface area contributed by atoms with E-state index in [-0.39, 0.29) is 5.82 Å². The van der Waals surface area contributed by atoms with E-state index in [9.17, 15) is 4.39 Å². The number of rotatable bonds is 2. The zero-order chi connectivity index (χ0) is 16.1. The zero-order valence-corrected chi connectivity index (χ0v) is 13.0. The van der Waals surface area contributed by atoms with Gasteiger partial charge in [-0.25, -0.2) is 14.4 Å². The lowest BCUT2D eigenvalue weighted by atomic mass is 10.2. The standard InChI is InChI=1S/C17H17FN6/c18-11-3-10(5-19-6-11)15-4-14-16(23-15)20-9-21-17(14)24-7-12-1-2-13(8-24)22-12/h3-6,9,12-13,22H,1-2,7-8H2,(H,20,21,23). The van der Waals surface area contributed by atoms with Crippen LogP contribution in [0, 0.1) is 5.82 Å². The molecule has 2 fully saturated rings. The van der Waals surface area contributed by atoms with E-state index >= 15 is 0 Å². The van der Waals surface area contributed by atoms with Crippen molar-refractivity contribution in [2.24, 2.45) is 0 Å². The van der Waals surface area contributed by atoms with Gasteiger partial charge in [0, 0.05) is 42.6 Å². The molecule has 122 valence electrons. The van der Waals surface area contributed by atoms with Crippen LogP contribution in [-0.2, 0) is 0 Å².